The molecule has 1 N–H and O–H groups in total. The summed E-state index contributed by atoms with van der Waals surface area (Å²) >= 11 is 0. The number of hydrogen-bond donors (Lipinski definition) is 1. The summed E-state index contributed by atoms with van der Waals surface area (Å²) in [6.45, 7) is 6.06. The van der Waals surface area contributed by atoms with Gasteiger partial charge in [0, 0.05) is 32.4 Å². The molecule has 2 aromatic heterocycles. The summed E-state index contributed by atoms with van der Waals surface area (Å²) in [6, 6.07) is 0.171. The van der Waals surface area contributed by atoms with Crippen LogP contribution in [-0.4, -0.2) is 30.9 Å². The first kappa shape index (κ1) is 13.7. The van der Waals surface area contributed by atoms with E-state index in [1.165, 1.54) is 0 Å². The van der Waals surface area contributed by atoms with E-state index in [4.69, 9.17) is 0 Å². The van der Waals surface area contributed by atoms with Gasteiger partial charge >= 0.3 is 0 Å². The highest BCUT2D eigenvalue weighted by Gasteiger charge is 2.18. The van der Waals surface area contributed by atoms with Gasteiger partial charge in [0.25, 0.3) is 0 Å². The van der Waals surface area contributed by atoms with Gasteiger partial charge in [-0.1, -0.05) is 13.8 Å². The monoisotopic (exact) mass is 262 g/mol. The number of hydrogen-bond acceptors (Lipinski definition) is 4. The second-order valence-corrected chi connectivity index (χ2v) is 4.61. The van der Waals surface area contributed by atoms with Crippen molar-refractivity contribution in [3.63, 3.8) is 0 Å². The molecule has 0 aliphatic carbocycles. The fourth-order valence-electron chi connectivity index (χ4n) is 2.24. The first-order valence-electron chi connectivity index (χ1n) is 6.83. The van der Waals surface area contributed by atoms with Crippen LogP contribution in [0.3, 0.4) is 0 Å². The highest BCUT2D eigenvalue weighted by molar-refractivity contribution is 5.03. The predicted octanol–water partition coefficient (Wildman–Crippen LogP) is 1.31. The number of rotatable bonds is 7. The zero-order valence-electron chi connectivity index (χ0n) is 11.9. The summed E-state index contributed by atoms with van der Waals surface area (Å²) in [6.07, 6.45) is 7.29. The summed E-state index contributed by atoms with van der Waals surface area (Å²) < 4.78 is 4.03. The maximum Gasteiger partial charge on any atom is 0.138 e. The number of aryl methyl sites for hydroxylation is 2. The molecule has 0 spiro atoms. The highest BCUT2D eigenvalue weighted by atomic mass is 15.3. The largest absolute Gasteiger partial charge is 0.337 e. The van der Waals surface area contributed by atoms with Crippen molar-refractivity contribution in [1.29, 1.82) is 0 Å². The average molecular weight is 262 g/mol. The van der Waals surface area contributed by atoms with E-state index in [1.54, 1.807) is 6.33 Å². The van der Waals surface area contributed by atoms with Gasteiger partial charge in [-0.2, -0.15) is 5.10 Å². The van der Waals surface area contributed by atoms with Crippen LogP contribution in [0.15, 0.2) is 18.7 Å². The first-order chi connectivity index (χ1) is 9.26. The van der Waals surface area contributed by atoms with Crippen molar-refractivity contribution in [2.24, 2.45) is 7.05 Å². The van der Waals surface area contributed by atoms with Crippen LogP contribution in [0.4, 0.5) is 0 Å². The second-order valence-electron chi connectivity index (χ2n) is 4.61. The number of nitrogens with one attached hydrogen (secondary N) is 1. The van der Waals surface area contributed by atoms with Crippen LogP contribution < -0.4 is 5.32 Å². The molecule has 0 aliphatic heterocycles. The van der Waals surface area contributed by atoms with Crippen molar-refractivity contribution in [2.45, 2.75) is 39.3 Å². The van der Waals surface area contributed by atoms with Crippen molar-refractivity contribution >= 4 is 0 Å². The van der Waals surface area contributed by atoms with E-state index in [1.807, 2.05) is 28.7 Å². The molecular weight excluding hydrogens is 240 g/mol. The molecule has 0 aromatic carbocycles. The van der Waals surface area contributed by atoms with Crippen LogP contribution >= 0.6 is 0 Å². The molecule has 1 atom stereocenters. The van der Waals surface area contributed by atoms with E-state index in [2.05, 4.69) is 34.2 Å². The molecule has 6 nitrogen and oxygen atoms in total. The van der Waals surface area contributed by atoms with Gasteiger partial charge in [0.2, 0.25) is 0 Å². The minimum Gasteiger partial charge on any atom is -0.337 e. The molecule has 0 bridgehead atoms. The topological polar surface area (TPSA) is 60.6 Å². The second kappa shape index (κ2) is 6.47. The molecule has 0 saturated heterocycles. The summed E-state index contributed by atoms with van der Waals surface area (Å²) in [7, 11) is 2.02. The molecule has 19 heavy (non-hydrogen) atoms. The molecule has 2 aromatic rings. The Hall–Kier alpha value is -1.69. The average Bonchev–Trinajstić information content (AvgIpc) is 2.99. The van der Waals surface area contributed by atoms with Crippen molar-refractivity contribution in [2.75, 3.05) is 6.54 Å². The van der Waals surface area contributed by atoms with Crippen LogP contribution in [0.5, 0.6) is 0 Å². The summed E-state index contributed by atoms with van der Waals surface area (Å²) in [4.78, 5) is 8.81. The van der Waals surface area contributed by atoms with Crippen LogP contribution in [-0.2, 0) is 20.0 Å². The molecule has 0 radical (unpaired) electrons. The molecule has 0 fully saturated rings. The standard InChI is InChI=1S/C13H22N6/c1-4-7-19-12(16-10-17-19)9-11(14-5-2)13-15-6-8-18(13)3/h6,8,10-11,14H,4-5,7,9H2,1-3H3. The third-order valence-corrected chi connectivity index (χ3v) is 3.14. The number of likely N-dealkylation sites (N-methyl/N-ethyl adjacent to an activating group) is 1. The Kier molecular flexibility index (Phi) is 4.68. The van der Waals surface area contributed by atoms with Crippen LogP contribution in [0.1, 0.15) is 38.0 Å². The fourth-order valence-corrected chi connectivity index (χ4v) is 2.24. The molecule has 0 saturated carbocycles. The summed E-state index contributed by atoms with van der Waals surface area (Å²) in [5.74, 6) is 2.05. The number of imidazole rings is 1. The summed E-state index contributed by atoms with van der Waals surface area (Å²) in [5, 5.41) is 7.74. The van der Waals surface area contributed by atoms with E-state index in [0.717, 1.165) is 37.6 Å². The lowest BCUT2D eigenvalue weighted by Gasteiger charge is -2.17. The van der Waals surface area contributed by atoms with Crippen molar-refractivity contribution in [3.8, 4) is 0 Å². The molecule has 104 valence electrons. The third kappa shape index (κ3) is 3.20. The maximum atomic E-state index is 4.43. The minimum atomic E-state index is 0.171. The lowest BCUT2D eigenvalue weighted by atomic mass is 10.1. The normalized spacial score (nSPS) is 12.8. The van der Waals surface area contributed by atoms with Crippen LogP contribution in [0.2, 0.25) is 0 Å². The Morgan fingerprint density at radius 2 is 2.16 bits per heavy atom. The molecule has 1 unspecified atom stereocenters. The zero-order chi connectivity index (χ0) is 13.7. The first-order valence-corrected chi connectivity index (χ1v) is 6.83. The number of aromatic nitrogens is 5. The molecule has 0 aliphatic rings. The lowest BCUT2D eigenvalue weighted by molar-refractivity contribution is 0.472. The molecule has 2 rings (SSSR count). The highest BCUT2D eigenvalue weighted by Crippen LogP contribution is 2.15. The maximum absolute atomic E-state index is 4.43. The minimum absolute atomic E-state index is 0.171. The summed E-state index contributed by atoms with van der Waals surface area (Å²) in [5.41, 5.74) is 0. The molecule has 0 amide bonds. The van der Waals surface area contributed by atoms with E-state index >= 15 is 0 Å². The third-order valence-electron chi connectivity index (χ3n) is 3.14. The van der Waals surface area contributed by atoms with E-state index in [-0.39, 0.29) is 6.04 Å². The predicted molar refractivity (Wildman–Crippen MR) is 73.6 cm³/mol. The van der Waals surface area contributed by atoms with Crippen LogP contribution in [0, 0.1) is 0 Å². The van der Waals surface area contributed by atoms with Gasteiger partial charge in [0.1, 0.15) is 18.0 Å². The number of nitrogens with zero attached hydrogens (tertiary/aromatic N) is 5. The van der Waals surface area contributed by atoms with E-state index < -0.39 is 0 Å². The van der Waals surface area contributed by atoms with Gasteiger partial charge in [0.05, 0.1) is 6.04 Å². The quantitative estimate of drug-likeness (QED) is 0.817. The molecule has 2 heterocycles. The van der Waals surface area contributed by atoms with Crippen LogP contribution in [0.25, 0.3) is 0 Å². The van der Waals surface area contributed by atoms with Gasteiger partial charge in [-0.3, -0.25) is 4.68 Å². The smallest absolute Gasteiger partial charge is 0.138 e. The van der Waals surface area contributed by atoms with Gasteiger partial charge < -0.3 is 9.88 Å². The lowest BCUT2D eigenvalue weighted by Crippen LogP contribution is -2.27. The molecule has 6 heteroatoms. The fraction of sp³-hybridized carbons (Fsp3) is 0.615. The Balaban J connectivity index is 2.17. The van der Waals surface area contributed by atoms with E-state index in [9.17, 15) is 0 Å². The Morgan fingerprint density at radius 1 is 1.32 bits per heavy atom. The van der Waals surface area contributed by atoms with Gasteiger partial charge in [-0.05, 0) is 13.0 Å². The van der Waals surface area contributed by atoms with Gasteiger partial charge in [0.15, 0.2) is 0 Å². The van der Waals surface area contributed by atoms with Crippen molar-refractivity contribution in [3.05, 3.63) is 30.4 Å². The van der Waals surface area contributed by atoms with Gasteiger partial charge in [-0.25, -0.2) is 9.97 Å². The van der Waals surface area contributed by atoms with Crippen molar-refractivity contribution in [1.82, 2.24) is 29.6 Å². The van der Waals surface area contributed by atoms with Crippen molar-refractivity contribution < 1.29 is 0 Å². The Morgan fingerprint density at radius 3 is 2.79 bits per heavy atom. The zero-order valence-corrected chi connectivity index (χ0v) is 11.9. The Labute approximate surface area is 113 Å². The molecular formula is C13H22N6. The SMILES string of the molecule is CCCn1ncnc1CC(NCC)c1nccn1C. The van der Waals surface area contributed by atoms with E-state index in [0.29, 0.717) is 0 Å². The van der Waals surface area contributed by atoms with Gasteiger partial charge in [-0.15, -0.1) is 0 Å². The Bertz CT molecular complexity index is 501.